The Morgan fingerprint density at radius 1 is 1.40 bits per heavy atom. The highest BCUT2D eigenvalue weighted by Gasteiger charge is 2.37. The van der Waals surface area contributed by atoms with E-state index >= 15 is 0 Å². The molecule has 25 heavy (non-hydrogen) atoms. The van der Waals surface area contributed by atoms with E-state index in [9.17, 15) is 9.18 Å². The lowest BCUT2D eigenvalue weighted by Crippen LogP contribution is -2.48. The molecule has 2 aliphatic rings. The number of rotatable bonds is 6. The molecule has 0 aliphatic carbocycles. The van der Waals surface area contributed by atoms with Crippen LogP contribution in [0.1, 0.15) is 38.2 Å². The van der Waals surface area contributed by atoms with Crippen molar-refractivity contribution in [2.75, 3.05) is 26.3 Å². The van der Waals surface area contributed by atoms with Crippen LogP contribution in [0.5, 0.6) is 0 Å². The Morgan fingerprint density at radius 2 is 2.20 bits per heavy atom. The molecule has 0 saturated carbocycles. The van der Waals surface area contributed by atoms with E-state index in [1.165, 1.54) is 6.07 Å². The van der Waals surface area contributed by atoms with Gasteiger partial charge in [0.15, 0.2) is 0 Å². The van der Waals surface area contributed by atoms with Crippen LogP contribution in [0.2, 0.25) is 0 Å². The van der Waals surface area contributed by atoms with E-state index < -0.39 is 0 Å². The highest BCUT2D eigenvalue weighted by atomic mass is 19.1. The maximum atomic E-state index is 13.7. The van der Waals surface area contributed by atoms with Crippen molar-refractivity contribution in [3.63, 3.8) is 0 Å². The van der Waals surface area contributed by atoms with Crippen LogP contribution < -0.4 is 16.2 Å². The van der Waals surface area contributed by atoms with E-state index in [-0.39, 0.29) is 29.1 Å². The zero-order chi connectivity index (χ0) is 17.7. The van der Waals surface area contributed by atoms with Crippen molar-refractivity contribution in [3.8, 4) is 0 Å². The number of hydrogen-bond acceptors (Lipinski definition) is 4. The van der Waals surface area contributed by atoms with Crippen molar-refractivity contribution in [2.24, 2.45) is 5.92 Å². The molecule has 3 rings (SSSR count). The smallest absolute Gasteiger partial charge is 0.226 e. The molecule has 0 bridgehead atoms. The highest BCUT2D eigenvalue weighted by molar-refractivity contribution is 5.80. The van der Waals surface area contributed by atoms with E-state index in [0.29, 0.717) is 26.3 Å². The minimum atomic E-state index is -0.254. The lowest BCUT2D eigenvalue weighted by Gasteiger charge is -2.38. The molecule has 2 aliphatic heterocycles. The first-order valence-corrected chi connectivity index (χ1v) is 9.24. The van der Waals surface area contributed by atoms with Gasteiger partial charge in [0.1, 0.15) is 5.82 Å². The Balaban J connectivity index is 1.70. The van der Waals surface area contributed by atoms with Crippen LogP contribution in [-0.4, -0.2) is 38.3 Å². The average Bonchev–Trinajstić information content (AvgIpc) is 3.09. The SMILES string of the molecule is CCCC1NNCC1C(=O)NCC1(c2cccc(F)c2)CCOCC1. The zero-order valence-electron chi connectivity index (χ0n) is 14.8. The number of halogens is 1. The Kier molecular flexibility index (Phi) is 6.04. The van der Waals surface area contributed by atoms with Crippen LogP contribution in [0.4, 0.5) is 4.39 Å². The predicted molar refractivity (Wildman–Crippen MR) is 94.5 cm³/mol. The summed E-state index contributed by atoms with van der Waals surface area (Å²) in [5.74, 6) is -0.232. The monoisotopic (exact) mass is 349 g/mol. The van der Waals surface area contributed by atoms with Gasteiger partial charge in [-0.1, -0.05) is 25.5 Å². The number of amides is 1. The molecule has 2 saturated heterocycles. The molecule has 6 heteroatoms. The van der Waals surface area contributed by atoms with Gasteiger partial charge < -0.3 is 10.1 Å². The number of ether oxygens (including phenoxy) is 1. The summed E-state index contributed by atoms with van der Waals surface area (Å²) in [5.41, 5.74) is 6.98. The van der Waals surface area contributed by atoms with Gasteiger partial charge in [-0.05, 0) is 37.0 Å². The summed E-state index contributed by atoms with van der Waals surface area (Å²) in [6.07, 6.45) is 3.58. The minimum Gasteiger partial charge on any atom is -0.381 e. The van der Waals surface area contributed by atoms with Gasteiger partial charge in [0.2, 0.25) is 5.91 Å². The number of hydrogen-bond donors (Lipinski definition) is 3. The van der Waals surface area contributed by atoms with Crippen LogP contribution in [0.3, 0.4) is 0 Å². The molecule has 0 spiro atoms. The number of nitrogens with one attached hydrogen (secondary N) is 3. The Bertz CT molecular complexity index is 590. The molecule has 0 radical (unpaired) electrons. The normalized spacial score (nSPS) is 25.7. The fourth-order valence-electron chi connectivity index (χ4n) is 3.94. The van der Waals surface area contributed by atoms with E-state index in [1.807, 2.05) is 6.07 Å². The van der Waals surface area contributed by atoms with Crippen molar-refractivity contribution in [2.45, 2.75) is 44.1 Å². The number of hydrazine groups is 1. The first-order valence-electron chi connectivity index (χ1n) is 9.24. The van der Waals surface area contributed by atoms with Crippen LogP contribution in [0, 0.1) is 11.7 Å². The molecule has 1 amide bonds. The molecule has 2 unspecified atom stereocenters. The molecule has 2 atom stereocenters. The fraction of sp³-hybridized carbons (Fsp3) is 0.632. The van der Waals surface area contributed by atoms with Gasteiger partial charge in [0.25, 0.3) is 0 Å². The summed E-state index contributed by atoms with van der Waals surface area (Å²) in [7, 11) is 0. The first kappa shape index (κ1) is 18.3. The summed E-state index contributed by atoms with van der Waals surface area (Å²) >= 11 is 0. The molecule has 1 aromatic carbocycles. The number of carbonyl (C=O) groups excluding carboxylic acids is 1. The molecule has 0 aromatic heterocycles. The second-order valence-corrected chi connectivity index (χ2v) is 7.15. The maximum absolute atomic E-state index is 13.7. The largest absolute Gasteiger partial charge is 0.381 e. The predicted octanol–water partition coefficient (Wildman–Crippen LogP) is 1.88. The van der Waals surface area contributed by atoms with Gasteiger partial charge in [-0.15, -0.1) is 0 Å². The Labute approximate surface area is 148 Å². The summed E-state index contributed by atoms with van der Waals surface area (Å²) in [6.45, 7) is 4.56. The Hall–Kier alpha value is -1.50. The van der Waals surface area contributed by atoms with Gasteiger partial charge in [-0.3, -0.25) is 15.6 Å². The van der Waals surface area contributed by atoms with Crippen molar-refractivity contribution in [1.29, 1.82) is 0 Å². The lowest BCUT2D eigenvalue weighted by atomic mass is 9.74. The second kappa shape index (κ2) is 8.25. The van der Waals surface area contributed by atoms with Crippen LogP contribution >= 0.6 is 0 Å². The van der Waals surface area contributed by atoms with E-state index in [1.54, 1.807) is 12.1 Å². The van der Waals surface area contributed by atoms with Crippen molar-refractivity contribution in [1.82, 2.24) is 16.2 Å². The van der Waals surface area contributed by atoms with Crippen molar-refractivity contribution >= 4 is 5.91 Å². The van der Waals surface area contributed by atoms with Gasteiger partial charge in [0.05, 0.1) is 5.92 Å². The first-order chi connectivity index (χ1) is 12.1. The number of benzene rings is 1. The van der Waals surface area contributed by atoms with E-state index in [2.05, 4.69) is 23.1 Å². The molecular formula is C19H28FN3O2. The number of carbonyl (C=O) groups is 1. The molecule has 3 N–H and O–H groups in total. The van der Waals surface area contributed by atoms with E-state index in [0.717, 1.165) is 31.2 Å². The molecule has 138 valence electrons. The van der Waals surface area contributed by atoms with Crippen molar-refractivity contribution < 1.29 is 13.9 Å². The molecule has 1 aromatic rings. The molecular weight excluding hydrogens is 321 g/mol. The summed E-state index contributed by atoms with van der Waals surface area (Å²) in [4.78, 5) is 12.7. The van der Waals surface area contributed by atoms with Crippen molar-refractivity contribution in [3.05, 3.63) is 35.6 Å². The van der Waals surface area contributed by atoms with E-state index in [4.69, 9.17) is 4.74 Å². The molecule has 5 nitrogen and oxygen atoms in total. The topological polar surface area (TPSA) is 62.4 Å². The molecule has 2 heterocycles. The van der Waals surface area contributed by atoms with Gasteiger partial charge >= 0.3 is 0 Å². The van der Waals surface area contributed by atoms with Crippen LogP contribution in [0.15, 0.2) is 24.3 Å². The zero-order valence-corrected chi connectivity index (χ0v) is 14.8. The summed E-state index contributed by atoms with van der Waals surface area (Å²) in [6, 6.07) is 6.92. The lowest BCUT2D eigenvalue weighted by molar-refractivity contribution is -0.125. The quantitative estimate of drug-likeness (QED) is 0.734. The highest BCUT2D eigenvalue weighted by Crippen LogP contribution is 2.34. The second-order valence-electron chi connectivity index (χ2n) is 7.15. The van der Waals surface area contributed by atoms with Crippen LogP contribution in [0.25, 0.3) is 0 Å². The van der Waals surface area contributed by atoms with Gasteiger partial charge in [0, 0.05) is 37.8 Å². The maximum Gasteiger partial charge on any atom is 0.226 e. The third-order valence-corrected chi connectivity index (χ3v) is 5.52. The average molecular weight is 349 g/mol. The third kappa shape index (κ3) is 4.19. The minimum absolute atomic E-state index is 0.0654. The molecule has 2 fully saturated rings. The summed E-state index contributed by atoms with van der Waals surface area (Å²) in [5, 5.41) is 3.14. The third-order valence-electron chi connectivity index (χ3n) is 5.52. The fourth-order valence-corrected chi connectivity index (χ4v) is 3.94. The standard InChI is InChI=1S/C19H28FN3O2/c1-2-4-17-16(12-22-23-17)18(24)21-13-19(7-9-25-10-8-19)14-5-3-6-15(20)11-14/h3,5-6,11,16-17,22-23H,2,4,7-10,12-13H2,1H3,(H,21,24). The van der Waals surface area contributed by atoms with Gasteiger partial charge in [-0.25, -0.2) is 4.39 Å². The van der Waals surface area contributed by atoms with Crippen LogP contribution in [-0.2, 0) is 14.9 Å². The van der Waals surface area contributed by atoms with Gasteiger partial charge in [-0.2, -0.15) is 0 Å². The Morgan fingerprint density at radius 3 is 2.92 bits per heavy atom. The summed E-state index contributed by atoms with van der Waals surface area (Å²) < 4.78 is 19.2.